The number of fused-ring (bicyclic) bond motifs is 10. The van der Waals surface area contributed by atoms with Crippen molar-refractivity contribution in [2.24, 2.45) is 0 Å². The smallest absolute Gasteiger partial charge is 0.160 e. The van der Waals surface area contributed by atoms with Gasteiger partial charge in [0.05, 0.1) is 11.4 Å². The topological polar surface area (TPSA) is 25.8 Å². The Morgan fingerprint density at radius 3 is 1.53 bits per heavy atom. The maximum Gasteiger partial charge on any atom is 0.160 e. The van der Waals surface area contributed by atoms with Crippen molar-refractivity contribution in [3.8, 4) is 45.0 Å². The maximum absolute atomic E-state index is 5.15. The molecule has 0 atom stereocenters. The van der Waals surface area contributed by atoms with E-state index >= 15 is 0 Å². The highest BCUT2D eigenvalue weighted by molar-refractivity contribution is 7.27. The Balaban J connectivity index is 1.27. The van der Waals surface area contributed by atoms with Crippen molar-refractivity contribution in [1.29, 1.82) is 0 Å². The standard InChI is InChI=1S/C46H28N2S/c1-3-14-29(15-4-1)40-28-41(30-16-5-2-6-17-30)48-46(47-40)32-19-13-18-31(26-32)38-27-39-35-22-8-7-20-33(35)34-21-9-10-23-36(34)43(39)45-44(38)37-24-11-12-25-42(37)49-45/h1-28H. The van der Waals surface area contributed by atoms with Gasteiger partial charge in [0.25, 0.3) is 0 Å². The molecule has 0 aliphatic rings. The van der Waals surface area contributed by atoms with Crippen LogP contribution in [0.3, 0.4) is 0 Å². The van der Waals surface area contributed by atoms with Crippen molar-refractivity contribution in [1.82, 2.24) is 9.97 Å². The summed E-state index contributed by atoms with van der Waals surface area (Å²) in [6.07, 6.45) is 0. The molecule has 0 N–H and O–H groups in total. The molecule has 0 aliphatic carbocycles. The summed E-state index contributed by atoms with van der Waals surface area (Å²) in [6, 6.07) is 60.6. The average molecular weight is 641 g/mol. The van der Waals surface area contributed by atoms with Gasteiger partial charge in [0.2, 0.25) is 0 Å². The molecular formula is C46H28N2S. The molecule has 0 saturated carbocycles. The molecule has 0 radical (unpaired) electrons. The zero-order chi connectivity index (χ0) is 32.3. The second-order valence-corrected chi connectivity index (χ2v) is 13.6. The lowest BCUT2D eigenvalue weighted by Gasteiger charge is -2.15. The van der Waals surface area contributed by atoms with Gasteiger partial charge in [-0.1, -0.05) is 146 Å². The number of benzene rings is 8. The van der Waals surface area contributed by atoms with Gasteiger partial charge in [-0.15, -0.1) is 11.3 Å². The Kier molecular flexibility index (Phi) is 6.39. The summed E-state index contributed by atoms with van der Waals surface area (Å²) in [5.74, 6) is 0.714. The van der Waals surface area contributed by atoms with Crippen LogP contribution in [0.25, 0.3) is 97.5 Å². The summed E-state index contributed by atoms with van der Waals surface area (Å²) >= 11 is 1.90. The zero-order valence-electron chi connectivity index (χ0n) is 26.5. The summed E-state index contributed by atoms with van der Waals surface area (Å²) in [5, 5.41) is 10.4. The fourth-order valence-electron chi connectivity index (χ4n) is 7.41. The van der Waals surface area contributed by atoms with E-state index in [1.54, 1.807) is 0 Å². The van der Waals surface area contributed by atoms with Crippen LogP contribution in [-0.2, 0) is 0 Å². The monoisotopic (exact) mass is 640 g/mol. The predicted molar refractivity (Wildman–Crippen MR) is 209 cm³/mol. The normalized spacial score (nSPS) is 11.7. The third-order valence-electron chi connectivity index (χ3n) is 9.65. The first-order valence-corrected chi connectivity index (χ1v) is 17.4. The lowest BCUT2D eigenvalue weighted by molar-refractivity contribution is 1.18. The lowest BCUT2D eigenvalue weighted by atomic mass is 9.89. The number of aromatic nitrogens is 2. The third-order valence-corrected chi connectivity index (χ3v) is 10.8. The molecule has 0 fully saturated rings. The summed E-state index contributed by atoms with van der Waals surface area (Å²) in [6.45, 7) is 0. The molecule has 228 valence electrons. The minimum absolute atomic E-state index is 0.714. The molecule has 2 heterocycles. The molecular weight excluding hydrogens is 613 g/mol. The zero-order valence-corrected chi connectivity index (χ0v) is 27.3. The molecule has 10 rings (SSSR count). The largest absolute Gasteiger partial charge is 0.228 e. The molecule has 3 heteroatoms. The van der Waals surface area contributed by atoms with Crippen molar-refractivity contribution >= 4 is 63.8 Å². The number of nitrogens with zero attached hydrogens (tertiary/aromatic N) is 2. The van der Waals surface area contributed by atoms with Gasteiger partial charge >= 0.3 is 0 Å². The number of rotatable bonds is 4. The fourth-order valence-corrected chi connectivity index (χ4v) is 8.70. The minimum Gasteiger partial charge on any atom is -0.228 e. The van der Waals surface area contributed by atoms with Gasteiger partial charge in [-0.2, -0.15) is 0 Å². The maximum atomic E-state index is 5.15. The first-order chi connectivity index (χ1) is 24.3. The van der Waals surface area contributed by atoms with Gasteiger partial charge in [0, 0.05) is 42.2 Å². The molecule has 2 aromatic heterocycles. The summed E-state index contributed by atoms with van der Waals surface area (Å²) in [7, 11) is 0. The molecule has 0 spiro atoms. The van der Waals surface area contributed by atoms with Crippen LogP contribution >= 0.6 is 11.3 Å². The van der Waals surface area contributed by atoms with Crippen LogP contribution in [0.15, 0.2) is 170 Å². The van der Waals surface area contributed by atoms with Gasteiger partial charge in [-0.05, 0) is 62.3 Å². The van der Waals surface area contributed by atoms with E-state index < -0.39 is 0 Å². The Morgan fingerprint density at radius 2 is 0.857 bits per heavy atom. The van der Waals surface area contributed by atoms with Crippen LogP contribution in [0, 0.1) is 0 Å². The number of hydrogen-bond acceptors (Lipinski definition) is 3. The average Bonchev–Trinajstić information content (AvgIpc) is 3.58. The Hall–Kier alpha value is -6.16. The van der Waals surface area contributed by atoms with Crippen LogP contribution in [-0.4, -0.2) is 9.97 Å². The SMILES string of the molecule is c1ccc(-c2cc(-c3ccccc3)nc(-c3cccc(-c4cc5c6ccccc6c6ccccc6c5c5sc6ccccc6c45)c3)n2)cc1. The summed E-state index contributed by atoms with van der Waals surface area (Å²) < 4.78 is 2.63. The van der Waals surface area contributed by atoms with E-state index in [1.165, 1.54) is 58.1 Å². The molecule has 2 nitrogen and oxygen atoms in total. The van der Waals surface area contributed by atoms with E-state index in [4.69, 9.17) is 9.97 Å². The van der Waals surface area contributed by atoms with Gasteiger partial charge in [-0.25, -0.2) is 9.97 Å². The quantitative estimate of drug-likeness (QED) is 0.179. The van der Waals surface area contributed by atoms with E-state index in [9.17, 15) is 0 Å². The van der Waals surface area contributed by atoms with Crippen molar-refractivity contribution < 1.29 is 0 Å². The Labute approximate surface area is 287 Å². The van der Waals surface area contributed by atoms with Gasteiger partial charge in [0.1, 0.15) is 0 Å². The van der Waals surface area contributed by atoms with Crippen molar-refractivity contribution in [3.63, 3.8) is 0 Å². The Morgan fingerprint density at radius 1 is 0.347 bits per heavy atom. The first kappa shape index (κ1) is 27.9. The van der Waals surface area contributed by atoms with Crippen LogP contribution < -0.4 is 0 Å². The molecule has 10 aromatic rings. The minimum atomic E-state index is 0.714. The highest BCUT2D eigenvalue weighted by Gasteiger charge is 2.19. The van der Waals surface area contributed by atoms with Crippen LogP contribution in [0.4, 0.5) is 0 Å². The highest BCUT2D eigenvalue weighted by Crippen LogP contribution is 2.48. The highest BCUT2D eigenvalue weighted by atomic mass is 32.1. The first-order valence-electron chi connectivity index (χ1n) is 16.6. The van der Waals surface area contributed by atoms with E-state index in [-0.39, 0.29) is 0 Å². The van der Waals surface area contributed by atoms with Crippen molar-refractivity contribution in [3.05, 3.63) is 170 Å². The number of thiophene rings is 1. The predicted octanol–water partition coefficient (Wildman–Crippen LogP) is 13.0. The van der Waals surface area contributed by atoms with Crippen molar-refractivity contribution in [2.45, 2.75) is 0 Å². The molecule has 0 unspecified atom stereocenters. The summed E-state index contributed by atoms with van der Waals surface area (Å²) in [5.41, 5.74) is 7.32. The van der Waals surface area contributed by atoms with Crippen LogP contribution in [0.2, 0.25) is 0 Å². The van der Waals surface area contributed by atoms with E-state index in [2.05, 4.69) is 158 Å². The molecule has 0 amide bonds. The fraction of sp³-hybridized carbons (Fsp3) is 0. The van der Waals surface area contributed by atoms with Crippen LogP contribution in [0.1, 0.15) is 0 Å². The molecule has 0 bridgehead atoms. The Bertz CT molecular complexity index is 2810. The molecule has 8 aromatic carbocycles. The lowest BCUT2D eigenvalue weighted by Crippen LogP contribution is -1.96. The van der Waals surface area contributed by atoms with Gasteiger partial charge in [0.15, 0.2) is 5.82 Å². The van der Waals surface area contributed by atoms with E-state index in [0.717, 1.165) is 33.6 Å². The third kappa shape index (κ3) is 4.55. The number of hydrogen-bond donors (Lipinski definition) is 0. The molecule has 0 saturated heterocycles. The van der Waals surface area contributed by atoms with E-state index in [0.29, 0.717) is 5.82 Å². The summed E-state index contributed by atoms with van der Waals surface area (Å²) in [4.78, 5) is 10.3. The molecule has 0 aliphatic heterocycles. The second kappa shape index (κ2) is 11.2. The van der Waals surface area contributed by atoms with E-state index in [1.807, 2.05) is 23.5 Å². The van der Waals surface area contributed by atoms with Crippen molar-refractivity contribution in [2.75, 3.05) is 0 Å². The molecule has 49 heavy (non-hydrogen) atoms. The van der Waals surface area contributed by atoms with Crippen LogP contribution in [0.5, 0.6) is 0 Å². The second-order valence-electron chi connectivity index (χ2n) is 12.5. The van der Waals surface area contributed by atoms with Gasteiger partial charge < -0.3 is 0 Å². The van der Waals surface area contributed by atoms with Gasteiger partial charge in [-0.3, -0.25) is 0 Å².